The lowest BCUT2D eigenvalue weighted by Crippen LogP contribution is -2.09. The fraction of sp³-hybridized carbons (Fsp3) is 0.0833. The third-order valence-corrected chi connectivity index (χ3v) is 3.64. The van der Waals surface area contributed by atoms with Gasteiger partial charge in [-0.2, -0.15) is 27.3 Å². The lowest BCUT2D eigenvalue weighted by atomic mass is 10.2. The number of alkyl halides is 3. The van der Waals surface area contributed by atoms with Gasteiger partial charge in [-0.1, -0.05) is 0 Å². The molecule has 5 nitrogen and oxygen atoms in total. The van der Waals surface area contributed by atoms with Crippen molar-refractivity contribution >= 4 is 17.2 Å². The highest BCUT2D eigenvalue weighted by Gasteiger charge is 2.40. The van der Waals surface area contributed by atoms with Crippen LogP contribution in [0.2, 0.25) is 0 Å². The minimum absolute atomic E-state index is 0.0320. The third-order valence-electron chi connectivity index (χ3n) is 2.75. The van der Waals surface area contributed by atoms with E-state index in [2.05, 4.69) is 15.1 Å². The average molecular weight is 329 g/mol. The second-order valence-corrected chi connectivity index (χ2v) is 5.20. The molecule has 3 rings (SSSR count). The molecule has 114 valence electrons. The van der Waals surface area contributed by atoms with Crippen molar-refractivity contribution in [2.45, 2.75) is 6.18 Å². The number of nitrogens with two attached hydrogens (primary N) is 1. The molecule has 0 aliphatic heterocycles. The Morgan fingerprint density at radius 2 is 1.82 bits per heavy atom. The zero-order valence-corrected chi connectivity index (χ0v) is 11.5. The summed E-state index contributed by atoms with van der Waals surface area (Å²) in [5.74, 6) is -0.408. The Balaban J connectivity index is 2.26. The molecule has 0 saturated heterocycles. The van der Waals surface area contributed by atoms with E-state index in [1.54, 1.807) is 0 Å². The van der Waals surface area contributed by atoms with Gasteiger partial charge < -0.3 is 5.73 Å². The van der Waals surface area contributed by atoms with E-state index in [-0.39, 0.29) is 22.2 Å². The van der Waals surface area contributed by atoms with E-state index in [1.165, 1.54) is 24.5 Å². The fourth-order valence-corrected chi connectivity index (χ4v) is 2.66. The van der Waals surface area contributed by atoms with Crippen LogP contribution in [0.15, 0.2) is 30.6 Å². The molecule has 22 heavy (non-hydrogen) atoms. The molecule has 3 heterocycles. The van der Waals surface area contributed by atoms with Crippen LogP contribution >= 0.6 is 11.3 Å². The van der Waals surface area contributed by atoms with Gasteiger partial charge in [-0.3, -0.25) is 0 Å². The van der Waals surface area contributed by atoms with Crippen molar-refractivity contribution in [3.8, 4) is 16.4 Å². The van der Waals surface area contributed by atoms with E-state index < -0.39 is 17.0 Å². The SMILES string of the molecule is Nc1c(-c2ccc(F)s2)c(C(F)(F)F)nn1-c1ncccn1. The van der Waals surface area contributed by atoms with Crippen molar-refractivity contribution in [3.05, 3.63) is 41.4 Å². The molecule has 0 aliphatic rings. The van der Waals surface area contributed by atoms with Crippen LogP contribution < -0.4 is 5.73 Å². The quantitative estimate of drug-likeness (QED) is 0.733. The van der Waals surface area contributed by atoms with Crippen molar-refractivity contribution in [3.63, 3.8) is 0 Å². The molecule has 0 amide bonds. The summed E-state index contributed by atoms with van der Waals surface area (Å²) in [6, 6.07) is 3.79. The fourth-order valence-electron chi connectivity index (χ4n) is 1.87. The van der Waals surface area contributed by atoms with Crippen molar-refractivity contribution in [2.24, 2.45) is 0 Å². The molecule has 0 atom stereocenters. The van der Waals surface area contributed by atoms with Crippen molar-refractivity contribution in [1.82, 2.24) is 19.7 Å². The summed E-state index contributed by atoms with van der Waals surface area (Å²) in [6.07, 6.45) is -2.05. The maximum absolute atomic E-state index is 13.2. The molecular formula is C12H7F4N5S. The van der Waals surface area contributed by atoms with Gasteiger partial charge >= 0.3 is 6.18 Å². The number of nitrogens with zero attached hydrogens (tertiary/aromatic N) is 4. The Labute approximate surface area is 125 Å². The number of aromatic nitrogens is 4. The standard InChI is InChI=1S/C12H7F4N5S/c13-7-3-2-6(22-7)8-9(12(14,15)16)20-21(10(8)17)11-18-4-1-5-19-11/h1-5H,17H2. The predicted molar refractivity (Wildman–Crippen MR) is 71.8 cm³/mol. The number of thiophene rings is 1. The zero-order valence-electron chi connectivity index (χ0n) is 10.7. The van der Waals surface area contributed by atoms with Crippen LogP contribution in [0.5, 0.6) is 0 Å². The molecule has 0 radical (unpaired) electrons. The largest absolute Gasteiger partial charge is 0.435 e. The van der Waals surface area contributed by atoms with Gasteiger partial charge in [-0.05, 0) is 18.2 Å². The molecule has 0 fully saturated rings. The van der Waals surface area contributed by atoms with E-state index in [9.17, 15) is 17.6 Å². The molecule has 2 N–H and O–H groups in total. The second-order valence-electron chi connectivity index (χ2n) is 4.17. The Morgan fingerprint density at radius 1 is 1.14 bits per heavy atom. The minimum atomic E-state index is -4.75. The van der Waals surface area contributed by atoms with Gasteiger partial charge in [-0.25, -0.2) is 9.97 Å². The van der Waals surface area contributed by atoms with Crippen LogP contribution in [-0.2, 0) is 6.18 Å². The zero-order chi connectivity index (χ0) is 15.9. The monoisotopic (exact) mass is 329 g/mol. The molecule has 0 saturated carbocycles. The van der Waals surface area contributed by atoms with Gasteiger partial charge in [0.05, 0.1) is 5.56 Å². The molecular weight excluding hydrogens is 322 g/mol. The molecule has 3 aromatic heterocycles. The summed E-state index contributed by atoms with van der Waals surface area (Å²) in [5.41, 5.74) is 4.19. The topological polar surface area (TPSA) is 69.6 Å². The maximum atomic E-state index is 13.2. The van der Waals surface area contributed by atoms with Gasteiger partial charge in [0, 0.05) is 17.3 Å². The van der Waals surface area contributed by atoms with Crippen LogP contribution in [0.4, 0.5) is 23.4 Å². The minimum Gasteiger partial charge on any atom is -0.383 e. The molecule has 0 unspecified atom stereocenters. The van der Waals surface area contributed by atoms with E-state index in [4.69, 9.17) is 5.73 Å². The second kappa shape index (κ2) is 5.05. The first-order chi connectivity index (χ1) is 10.4. The van der Waals surface area contributed by atoms with Gasteiger partial charge in [0.25, 0.3) is 5.95 Å². The first-order valence-electron chi connectivity index (χ1n) is 5.86. The number of halogens is 4. The van der Waals surface area contributed by atoms with Crippen LogP contribution in [0.1, 0.15) is 5.69 Å². The highest BCUT2D eigenvalue weighted by Crippen LogP contribution is 2.42. The van der Waals surface area contributed by atoms with Crippen molar-refractivity contribution in [2.75, 3.05) is 5.73 Å². The Hall–Kier alpha value is -2.49. The summed E-state index contributed by atoms with van der Waals surface area (Å²) in [5, 5.41) is 2.84. The maximum Gasteiger partial charge on any atom is 0.435 e. The lowest BCUT2D eigenvalue weighted by Gasteiger charge is -2.04. The van der Waals surface area contributed by atoms with Gasteiger partial charge in [-0.15, -0.1) is 11.3 Å². The highest BCUT2D eigenvalue weighted by molar-refractivity contribution is 7.14. The predicted octanol–water partition coefficient (Wildman–Crippen LogP) is 3.13. The first-order valence-corrected chi connectivity index (χ1v) is 6.68. The average Bonchev–Trinajstić information content (AvgIpc) is 3.03. The van der Waals surface area contributed by atoms with Crippen LogP contribution in [0.3, 0.4) is 0 Å². The Kier molecular flexibility index (Phi) is 3.32. The summed E-state index contributed by atoms with van der Waals surface area (Å²) >= 11 is 0.553. The van der Waals surface area contributed by atoms with E-state index >= 15 is 0 Å². The Morgan fingerprint density at radius 3 is 2.36 bits per heavy atom. The van der Waals surface area contributed by atoms with Gasteiger partial charge in [0.15, 0.2) is 10.8 Å². The molecule has 0 bridgehead atoms. The van der Waals surface area contributed by atoms with Crippen LogP contribution in [0.25, 0.3) is 16.4 Å². The number of rotatable bonds is 2. The third kappa shape index (κ3) is 2.41. The normalized spacial score (nSPS) is 11.8. The van der Waals surface area contributed by atoms with Crippen molar-refractivity contribution in [1.29, 1.82) is 0 Å². The van der Waals surface area contributed by atoms with E-state index in [0.29, 0.717) is 11.3 Å². The van der Waals surface area contributed by atoms with Crippen LogP contribution in [-0.4, -0.2) is 19.7 Å². The molecule has 3 aromatic rings. The van der Waals surface area contributed by atoms with Gasteiger partial charge in [0.2, 0.25) is 0 Å². The van der Waals surface area contributed by atoms with E-state index in [0.717, 1.165) is 10.7 Å². The number of nitrogen functional groups attached to an aromatic ring is 1. The summed E-state index contributed by atoms with van der Waals surface area (Å²) in [4.78, 5) is 7.67. The van der Waals surface area contributed by atoms with Crippen LogP contribution in [0, 0.1) is 5.13 Å². The highest BCUT2D eigenvalue weighted by atomic mass is 32.1. The summed E-state index contributed by atoms with van der Waals surface area (Å²) in [7, 11) is 0. The lowest BCUT2D eigenvalue weighted by molar-refractivity contribution is -0.140. The molecule has 10 heteroatoms. The van der Waals surface area contributed by atoms with Gasteiger partial charge in [0.1, 0.15) is 5.82 Å². The number of hydrogen-bond donors (Lipinski definition) is 1. The molecule has 0 aliphatic carbocycles. The summed E-state index contributed by atoms with van der Waals surface area (Å²) in [6.45, 7) is 0. The Bertz CT molecular complexity index is 809. The first kappa shape index (κ1) is 14.4. The number of anilines is 1. The van der Waals surface area contributed by atoms with E-state index in [1.807, 2.05) is 0 Å². The summed E-state index contributed by atoms with van der Waals surface area (Å²) < 4.78 is 53.5. The molecule has 0 spiro atoms. The van der Waals surface area contributed by atoms with Crippen molar-refractivity contribution < 1.29 is 17.6 Å². The smallest absolute Gasteiger partial charge is 0.383 e. The molecule has 0 aromatic carbocycles. The number of hydrogen-bond acceptors (Lipinski definition) is 5.